The SMILES string of the molecule is O=c1cc(CO)[nH]cc1OC(c1ccccc1)c1ccccc1.OC(c1ccccc1)c1ccccc1. The van der Waals surface area contributed by atoms with Crippen molar-refractivity contribution in [3.05, 3.63) is 172 Å². The minimum absolute atomic E-state index is 0.212. The van der Waals surface area contributed by atoms with Gasteiger partial charge in [0.15, 0.2) is 5.75 Å². The van der Waals surface area contributed by atoms with Gasteiger partial charge in [-0.15, -0.1) is 0 Å². The van der Waals surface area contributed by atoms with Crippen LogP contribution >= 0.6 is 0 Å². The molecule has 0 bridgehead atoms. The van der Waals surface area contributed by atoms with E-state index in [-0.39, 0.29) is 23.9 Å². The summed E-state index contributed by atoms with van der Waals surface area (Å²) in [7, 11) is 0. The zero-order valence-electron chi connectivity index (χ0n) is 20.3. The van der Waals surface area contributed by atoms with Gasteiger partial charge in [-0.25, -0.2) is 0 Å². The number of hydrogen-bond donors (Lipinski definition) is 3. The van der Waals surface area contributed by atoms with Gasteiger partial charge in [0.05, 0.1) is 6.61 Å². The molecule has 0 unspecified atom stereocenters. The van der Waals surface area contributed by atoms with Gasteiger partial charge in [-0.2, -0.15) is 0 Å². The van der Waals surface area contributed by atoms with Gasteiger partial charge in [0.25, 0.3) is 0 Å². The molecule has 0 aliphatic carbocycles. The number of pyridine rings is 1. The highest BCUT2D eigenvalue weighted by atomic mass is 16.5. The molecule has 1 heterocycles. The summed E-state index contributed by atoms with van der Waals surface area (Å²) in [5.74, 6) is 0.222. The van der Waals surface area contributed by atoms with Gasteiger partial charge in [0, 0.05) is 18.0 Å². The molecule has 3 N–H and O–H groups in total. The van der Waals surface area contributed by atoms with Crippen LogP contribution in [0.4, 0.5) is 0 Å². The van der Waals surface area contributed by atoms with Crippen LogP contribution in [0.15, 0.2) is 138 Å². The van der Waals surface area contributed by atoms with Crippen molar-refractivity contribution in [2.75, 3.05) is 0 Å². The fourth-order valence-electron chi connectivity index (χ4n) is 3.86. The first kappa shape index (κ1) is 25.6. The number of aliphatic hydroxyl groups is 2. The standard InChI is InChI=1S/C19H17NO3.C13H12O/c21-13-16-11-17(22)18(12-20-16)23-19(14-7-3-1-4-8-14)15-9-5-2-6-10-15;14-13(11-7-3-1-4-8-11)12-9-5-2-6-10-12/h1-12,19,21H,13H2,(H,20,22);1-10,13-14H. The zero-order chi connectivity index (χ0) is 25.9. The lowest BCUT2D eigenvalue weighted by Gasteiger charge is -2.19. The van der Waals surface area contributed by atoms with Crippen LogP contribution in [0.2, 0.25) is 0 Å². The Morgan fingerprint density at radius 3 is 1.43 bits per heavy atom. The Kier molecular flexibility index (Phi) is 9.02. The van der Waals surface area contributed by atoms with Crippen LogP contribution in [0, 0.1) is 0 Å². The lowest BCUT2D eigenvalue weighted by Crippen LogP contribution is -2.15. The van der Waals surface area contributed by atoms with Crippen LogP contribution in [0.1, 0.15) is 40.2 Å². The summed E-state index contributed by atoms with van der Waals surface area (Å²) in [6, 6.07) is 40.2. The highest BCUT2D eigenvalue weighted by Gasteiger charge is 2.17. The molecule has 0 amide bonds. The summed E-state index contributed by atoms with van der Waals surface area (Å²) in [6.07, 6.45) is 0.600. The molecule has 0 aliphatic heterocycles. The smallest absolute Gasteiger partial charge is 0.223 e. The van der Waals surface area contributed by atoms with Crippen molar-refractivity contribution in [3.63, 3.8) is 0 Å². The predicted octanol–water partition coefficient (Wildman–Crippen LogP) is 5.80. The van der Waals surface area contributed by atoms with Crippen molar-refractivity contribution < 1.29 is 14.9 Å². The molecule has 0 saturated heterocycles. The lowest BCUT2D eigenvalue weighted by atomic mass is 10.0. The third-order valence-corrected chi connectivity index (χ3v) is 5.79. The van der Waals surface area contributed by atoms with Gasteiger partial charge >= 0.3 is 0 Å². The summed E-state index contributed by atoms with van der Waals surface area (Å²) in [4.78, 5) is 15.0. The van der Waals surface area contributed by atoms with Crippen LogP contribution < -0.4 is 10.2 Å². The molecule has 1 aromatic heterocycles. The fourth-order valence-corrected chi connectivity index (χ4v) is 3.86. The largest absolute Gasteiger partial charge is 0.475 e. The number of hydrogen-bond acceptors (Lipinski definition) is 4. The van der Waals surface area contributed by atoms with E-state index in [0.717, 1.165) is 22.3 Å². The summed E-state index contributed by atoms with van der Waals surface area (Å²) in [5.41, 5.74) is 3.98. The van der Waals surface area contributed by atoms with Crippen LogP contribution in [-0.4, -0.2) is 15.2 Å². The van der Waals surface area contributed by atoms with Crippen molar-refractivity contribution in [3.8, 4) is 5.75 Å². The van der Waals surface area contributed by atoms with Crippen molar-refractivity contribution in [1.82, 2.24) is 4.98 Å². The molecule has 5 heteroatoms. The Labute approximate surface area is 216 Å². The highest BCUT2D eigenvalue weighted by molar-refractivity contribution is 5.33. The monoisotopic (exact) mass is 491 g/mol. The van der Waals surface area contributed by atoms with E-state index in [2.05, 4.69) is 4.98 Å². The molecule has 5 rings (SSSR count). The number of ether oxygens (including phenoxy) is 1. The molecule has 5 nitrogen and oxygen atoms in total. The Balaban J connectivity index is 0.000000195. The maximum atomic E-state index is 12.1. The summed E-state index contributed by atoms with van der Waals surface area (Å²) in [6.45, 7) is -0.212. The molecule has 0 spiro atoms. The molecule has 0 fully saturated rings. The molecule has 186 valence electrons. The zero-order valence-corrected chi connectivity index (χ0v) is 20.3. The molecular formula is C32H29NO4. The van der Waals surface area contributed by atoms with Gasteiger partial charge in [0.2, 0.25) is 5.43 Å². The Hall–Kier alpha value is -4.45. The second kappa shape index (κ2) is 13.0. The first-order valence-corrected chi connectivity index (χ1v) is 12.0. The average Bonchev–Trinajstić information content (AvgIpc) is 2.98. The molecule has 0 saturated carbocycles. The van der Waals surface area contributed by atoms with Crippen LogP contribution in [0.5, 0.6) is 5.75 Å². The quantitative estimate of drug-likeness (QED) is 0.269. The summed E-state index contributed by atoms with van der Waals surface area (Å²) >= 11 is 0. The molecule has 0 aliphatic rings. The normalized spacial score (nSPS) is 10.6. The number of nitrogens with one attached hydrogen (secondary N) is 1. The maximum absolute atomic E-state index is 12.1. The topological polar surface area (TPSA) is 82.5 Å². The molecule has 4 aromatic carbocycles. The minimum Gasteiger partial charge on any atom is -0.475 e. The molecule has 0 radical (unpaired) electrons. The Morgan fingerprint density at radius 1 is 0.649 bits per heavy atom. The second-order valence-electron chi connectivity index (χ2n) is 8.39. The van der Waals surface area contributed by atoms with Crippen LogP contribution in [0.3, 0.4) is 0 Å². The third kappa shape index (κ3) is 7.04. The highest BCUT2D eigenvalue weighted by Crippen LogP contribution is 2.26. The van der Waals surface area contributed by atoms with Gasteiger partial charge < -0.3 is 19.9 Å². The van der Waals surface area contributed by atoms with Crippen molar-refractivity contribution >= 4 is 0 Å². The summed E-state index contributed by atoms with van der Waals surface area (Å²) in [5, 5.41) is 19.1. The fraction of sp³-hybridized carbons (Fsp3) is 0.0938. The van der Waals surface area contributed by atoms with Gasteiger partial charge in [-0.1, -0.05) is 121 Å². The number of aromatic amines is 1. The first-order chi connectivity index (χ1) is 18.2. The average molecular weight is 492 g/mol. The second-order valence-corrected chi connectivity index (χ2v) is 8.39. The molecule has 5 aromatic rings. The van der Waals surface area contributed by atoms with E-state index in [9.17, 15) is 9.90 Å². The van der Waals surface area contributed by atoms with Gasteiger partial charge in [-0.05, 0) is 22.3 Å². The van der Waals surface area contributed by atoms with E-state index in [0.29, 0.717) is 5.69 Å². The van der Waals surface area contributed by atoms with E-state index in [1.807, 2.05) is 121 Å². The Morgan fingerprint density at radius 2 is 1.05 bits per heavy atom. The summed E-state index contributed by atoms with van der Waals surface area (Å²) < 4.78 is 5.99. The van der Waals surface area contributed by atoms with Crippen molar-refractivity contribution in [1.29, 1.82) is 0 Å². The van der Waals surface area contributed by atoms with Crippen LogP contribution in [-0.2, 0) is 6.61 Å². The third-order valence-electron chi connectivity index (χ3n) is 5.79. The maximum Gasteiger partial charge on any atom is 0.223 e. The van der Waals surface area contributed by atoms with E-state index >= 15 is 0 Å². The van der Waals surface area contributed by atoms with Crippen molar-refractivity contribution in [2.45, 2.75) is 18.8 Å². The predicted molar refractivity (Wildman–Crippen MR) is 145 cm³/mol. The van der Waals surface area contributed by atoms with E-state index in [1.165, 1.54) is 12.3 Å². The molecule has 37 heavy (non-hydrogen) atoms. The van der Waals surface area contributed by atoms with E-state index in [4.69, 9.17) is 9.84 Å². The number of H-pyrrole nitrogens is 1. The number of benzene rings is 4. The Bertz CT molecular complexity index is 1330. The van der Waals surface area contributed by atoms with Crippen molar-refractivity contribution in [2.24, 2.45) is 0 Å². The molecule has 0 atom stereocenters. The molecular weight excluding hydrogens is 462 g/mol. The number of rotatable bonds is 7. The van der Waals surface area contributed by atoms with Gasteiger partial charge in [0.1, 0.15) is 12.2 Å². The van der Waals surface area contributed by atoms with Gasteiger partial charge in [-0.3, -0.25) is 4.79 Å². The minimum atomic E-state index is -0.516. The first-order valence-electron chi connectivity index (χ1n) is 12.0. The van der Waals surface area contributed by atoms with E-state index in [1.54, 1.807) is 0 Å². The lowest BCUT2D eigenvalue weighted by molar-refractivity contribution is 0.220. The number of aliphatic hydroxyl groups excluding tert-OH is 2. The van der Waals surface area contributed by atoms with Crippen LogP contribution in [0.25, 0.3) is 0 Å². The van der Waals surface area contributed by atoms with E-state index < -0.39 is 6.10 Å². The number of aromatic nitrogens is 1.